The van der Waals surface area contributed by atoms with Crippen molar-refractivity contribution in [2.75, 3.05) is 9.80 Å². The van der Waals surface area contributed by atoms with E-state index in [1.54, 1.807) is 0 Å². The first-order valence-corrected chi connectivity index (χ1v) is 19.5. The van der Waals surface area contributed by atoms with Gasteiger partial charge in [-0.1, -0.05) is 84.9 Å². The zero-order valence-corrected chi connectivity index (χ0v) is 34.0. The quantitative estimate of drug-likeness (QED) is 0.116. The molecule has 0 spiro atoms. The Morgan fingerprint density at radius 2 is 0.621 bits per heavy atom. The molecule has 0 heterocycles. The van der Waals surface area contributed by atoms with Gasteiger partial charge < -0.3 is 19.3 Å². The minimum atomic E-state index is -0.291. The number of esters is 2. The van der Waals surface area contributed by atoms with E-state index in [2.05, 4.69) is 171 Å². The Bertz CT molecular complexity index is 2340. The molecule has 0 radical (unpaired) electrons. The molecule has 0 fully saturated rings. The van der Waals surface area contributed by atoms with Gasteiger partial charge in [-0.15, -0.1) is 0 Å². The van der Waals surface area contributed by atoms with Crippen LogP contribution in [0.1, 0.15) is 47.2 Å². The second kappa shape index (κ2) is 17.5. The van der Waals surface area contributed by atoms with Gasteiger partial charge in [0.1, 0.15) is 13.2 Å². The minimum Gasteiger partial charge on any atom is -0.461 e. The van der Waals surface area contributed by atoms with Gasteiger partial charge in [-0.05, 0) is 156 Å². The highest BCUT2D eigenvalue weighted by molar-refractivity contribution is 5.81. The molecule has 7 aromatic carbocycles. The fourth-order valence-electron chi connectivity index (χ4n) is 6.94. The number of carbonyl (C=O) groups excluding carboxylic acids is 2. The molecular weight excluding hydrogens is 717 g/mol. The van der Waals surface area contributed by atoms with Crippen LogP contribution in [0.2, 0.25) is 0 Å². The Morgan fingerprint density at radius 1 is 0.362 bits per heavy atom. The third-order valence-corrected chi connectivity index (χ3v) is 10.6. The summed E-state index contributed by atoms with van der Waals surface area (Å²) in [4.78, 5) is 27.2. The predicted octanol–water partition coefficient (Wildman–Crippen LogP) is 13.3. The highest BCUT2D eigenvalue weighted by Crippen LogP contribution is 2.39. The molecule has 6 heteroatoms. The van der Waals surface area contributed by atoms with Crippen LogP contribution >= 0.6 is 0 Å². The molecule has 0 unspecified atom stereocenters. The summed E-state index contributed by atoms with van der Waals surface area (Å²) in [5, 5.41) is 0. The van der Waals surface area contributed by atoms with Crippen molar-refractivity contribution in [1.82, 2.24) is 0 Å². The molecule has 0 saturated carbocycles. The molecule has 7 aromatic rings. The number of rotatable bonds is 12. The molecule has 0 atom stereocenters. The van der Waals surface area contributed by atoms with Gasteiger partial charge >= 0.3 is 11.9 Å². The highest BCUT2D eigenvalue weighted by atomic mass is 16.5. The lowest BCUT2D eigenvalue weighted by Crippen LogP contribution is -2.10. The van der Waals surface area contributed by atoms with Gasteiger partial charge in [0.2, 0.25) is 0 Å². The summed E-state index contributed by atoms with van der Waals surface area (Å²) < 4.78 is 10.4. The van der Waals surface area contributed by atoms with Gasteiger partial charge in [-0.2, -0.15) is 0 Å². The van der Waals surface area contributed by atoms with Gasteiger partial charge in [-0.25, -0.2) is 0 Å². The van der Waals surface area contributed by atoms with Crippen LogP contribution < -0.4 is 9.80 Å². The second-order valence-corrected chi connectivity index (χ2v) is 14.8. The molecule has 0 amide bonds. The minimum absolute atomic E-state index is 0.252. The number of ether oxygens (including phenoxy) is 2. The summed E-state index contributed by atoms with van der Waals surface area (Å²) in [5.41, 5.74) is 17.6. The topological polar surface area (TPSA) is 59.1 Å². The number of aryl methyl sites for hydroxylation is 4. The molecule has 0 aliphatic heterocycles. The molecular formula is C52H48N2O4. The third kappa shape index (κ3) is 9.20. The largest absolute Gasteiger partial charge is 0.461 e. The molecule has 0 aliphatic rings. The predicted molar refractivity (Wildman–Crippen MR) is 237 cm³/mol. The maximum absolute atomic E-state index is 11.4. The van der Waals surface area contributed by atoms with E-state index in [0.717, 1.165) is 67.5 Å². The van der Waals surface area contributed by atoms with Crippen molar-refractivity contribution >= 4 is 46.1 Å². The molecule has 290 valence electrons. The Hall–Kier alpha value is -6.92. The molecule has 0 saturated heterocycles. The van der Waals surface area contributed by atoms with Crippen molar-refractivity contribution in [2.24, 2.45) is 0 Å². The SMILES string of the molecule is CC(=O)OCc1ccc(N(c2ccc(-c3ccc(-c4ccc(N(c5ccc(COC(C)=O)cc5)c5ccc(C)c(C)c5)cc4)cc3)cc2)c2ccc(C)c(C)c2)cc1. The molecule has 7 rings (SSSR count). The number of nitrogens with zero attached hydrogens (tertiary/aromatic N) is 2. The van der Waals surface area contributed by atoms with E-state index in [4.69, 9.17) is 9.47 Å². The van der Waals surface area contributed by atoms with Gasteiger partial charge in [0, 0.05) is 48.0 Å². The van der Waals surface area contributed by atoms with Crippen LogP contribution in [0.25, 0.3) is 22.3 Å². The molecule has 6 nitrogen and oxygen atoms in total. The molecule has 0 N–H and O–H groups in total. The molecule has 0 bridgehead atoms. The first-order chi connectivity index (χ1) is 28.0. The van der Waals surface area contributed by atoms with E-state index in [1.807, 2.05) is 24.3 Å². The fourth-order valence-corrected chi connectivity index (χ4v) is 6.94. The van der Waals surface area contributed by atoms with Gasteiger partial charge in [0.25, 0.3) is 0 Å². The summed E-state index contributed by atoms with van der Waals surface area (Å²) >= 11 is 0. The Balaban J connectivity index is 1.12. The monoisotopic (exact) mass is 764 g/mol. The smallest absolute Gasteiger partial charge is 0.302 e. The van der Waals surface area contributed by atoms with Crippen molar-refractivity contribution in [1.29, 1.82) is 0 Å². The fraction of sp³-hybridized carbons (Fsp3) is 0.154. The lowest BCUT2D eigenvalue weighted by atomic mass is 9.99. The van der Waals surface area contributed by atoms with Gasteiger partial charge in [0.15, 0.2) is 0 Å². The Labute approximate surface area is 341 Å². The zero-order valence-electron chi connectivity index (χ0n) is 34.0. The maximum Gasteiger partial charge on any atom is 0.302 e. The molecule has 58 heavy (non-hydrogen) atoms. The summed E-state index contributed by atoms with van der Waals surface area (Å²) in [6.45, 7) is 11.9. The van der Waals surface area contributed by atoms with E-state index >= 15 is 0 Å². The van der Waals surface area contributed by atoms with Crippen molar-refractivity contribution in [2.45, 2.75) is 54.8 Å². The molecule has 0 aromatic heterocycles. The zero-order chi connectivity index (χ0) is 40.8. The van der Waals surface area contributed by atoms with E-state index in [0.29, 0.717) is 0 Å². The lowest BCUT2D eigenvalue weighted by Gasteiger charge is -2.26. The van der Waals surface area contributed by atoms with Crippen molar-refractivity contribution < 1.29 is 19.1 Å². The van der Waals surface area contributed by atoms with E-state index in [9.17, 15) is 9.59 Å². The lowest BCUT2D eigenvalue weighted by molar-refractivity contribution is -0.143. The average Bonchev–Trinajstić information content (AvgIpc) is 3.23. The van der Waals surface area contributed by atoms with E-state index in [1.165, 1.54) is 36.1 Å². The number of hydrogen-bond donors (Lipinski definition) is 0. The number of benzene rings is 7. The highest BCUT2D eigenvalue weighted by Gasteiger charge is 2.16. The number of anilines is 6. The maximum atomic E-state index is 11.4. The summed E-state index contributed by atoms with van der Waals surface area (Å²) in [7, 11) is 0. The van der Waals surface area contributed by atoms with Crippen LogP contribution in [-0.4, -0.2) is 11.9 Å². The van der Waals surface area contributed by atoms with E-state index < -0.39 is 0 Å². The molecule has 0 aliphatic carbocycles. The summed E-state index contributed by atoms with van der Waals surface area (Å²) in [5.74, 6) is -0.583. The Morgan fingerprint density at radius 3 is 0.897 bits per heavy atom. The van der Waals surface area contributed by atoms with Crippen LogP contribution in [0.3, 0.4) is 0 Å². The van der Waals surface area contributed by atoms with E-state index in [-0.39, 0.29) is 25.2 Å². The van der Waals surface area contributed by atoms with Crippen LogP contribution in [0, 0.1) is 27.7 Å². The van der Waals surface area contributed by atoms with Crippen LogP contribution in [-0.2, 0) is 32.3 Å². The van der Waals surface area contributed by atoms with Crippen molar-refractivity contribution in [3.05, 3.63) is 191 Å². The summed E-state index contributed by atoms with van der Waals surface area (Å²) in [6, 6.07) is 55.4. The Kier molecular flexibility index (Phi) is 11.8. The van der Waals surface area contributed by atoms with Gasteiger partial charge in [-0.3, -0.25) is 9.59 Å². The van der Waals surface area contributed by atoms with Crippen molar-refractivity contribution in [3.63, 3.8) is 0 Å². The van der Waals surface area contributed by atoms with Gasteiger partial charge in [0.05, 0.1) is 0 Å². The van der Waals surface area contributed by atoms with Crippen LogP contribution in [0.15, 0.2) is 158 Å². The number of hydrogen-bond acceptors (Lipinski definition) is 6. The number of carbonyl (C=O) groups is 2. The van der Waals surface area contributed by atoms with Crippen LogP contribution in [0.4, 0.5) is 34.1 Å². The normalized spacial score (nSPS) is 10.9. The van der Waals surface area contributed by atoms with Crippen molar-refractivity contribution in [3.8, 4) is 22.3 Å². The first-order valence-electron chi connectivity index (χ1n) is 19.5. The third-order valence-electron chi connectivity index (χ3n) is 10.6. The standard InChI is InChI=1S/C52H48N2O4/c1-35-7-21-51(31-37(35)3)53(47-23-9-41(10-24-47)33-57-39(5)55)49-27-17-45(18-28-49)43-13-15-44(16-14-43)46-19-29-50(30-20-46)54(52-22-8-36(2)38(4)32-52)48-25-11-42(12-26-48)34-58-40(6)56/h7-32H,33-34H2,1-6H3. The first kappa shape index (κ1) is 39.3. The summed E-state index contributed by atoms with van der Waals surface area (Å²) in [6.07, 6.45) is 0. The average molecular weight is 765 g/mol. The van der Waals surface area contributed by atoms with Crippen LogP contribution in [0.5, 0.6) is 0 Å². The second-order valence-electron chi connectivity index (χ2n) is 14.8.